The molecule has 0 aliphatic heterocycles. The number of benzene rings is 1. The first-order valence-corrected chi connectivity index (χ1v) is 7.18. The van der Waals surface area contributed by atoms with Gasteiger partial charge < -0.3 is 5.32 Å². The molecule has 0 saturated carbocycles. The Hall–Kier alpha value is -0.340. The molecule has 1 aromatic rings. The summed E-state index contributed by atoms with van der Waals surface area (Å²) in [4.78, 5) is 0. The van der Waals surface area contributed by atoms with Gasteiger partial charge in [0.25, 0.3) is 0 Å². The second kappa shape index (κ2) is 6.55. The predicted molar refractivity (Wildman–Crippen MR) is 79.3 cm³/mol. The summed E-state index contributed by atoms with van der Waals surface area (Å²) in [6.45, 7) is 9.05. The van der Waals surface area contributed by atoms with Crippen molar-refractivity contribution < 1.29 is 0 Å². The van der Waals surface area contributed by atoms with E-state index in [1.807, 2.05) is 0 Å². The van der Waals surface area contributed by atoms with E-state index in [0.29, 0.717) is 12.0 Å². The summed E-state index contributed by atoms with van der Waals surface area (Å²) in [6.07, 6.45) is 1.25. The van der Waals surface area contributed by atoms with Gasteiger partial charge in [0.2, 0.25) is 0 Å². The summed E-state index contributed by atoms with van der Waals surface area (Å²) in [5, 5.41) is 3.45. The minimum absolute atomic E-state index is 0.448. The van der Waals surface area contributed by atoms with Crippen LogP contribution in [0.1, 0.15) is 44.4 Å². The third kappa shape index (κ3) is 4.11. The highest BCUT2D eigenvalue weighted by atomic mass is 79.9. The van der Waals surface area contributed by atoms with E-state index in [-0.39, 0.29) is 0 Å². The van der Waals surface area contributed by atoms with Gasteiger partial charge in [-0.2, -0.15) is 0 Å². The molecule has 0 aromatic heterocycles. The van der Waals surface area contributed by atoms with Crippen LogP contribution in [0.25, 0.3) is 0 Å². The second-order valence-electron chi connectivity index (χ2n) is 5.38. The number of aryl methyl sites for hydroxylation is 1. The summed E-state index contributed by atoms with van der Waals surface area (Å²) in [5.74, 6) is 1.40. The van der Waals surface area contributed by atoms with Crippen LogP contribution in [0.15, 0.2) is 22.7 Å². The van der Waals surface area contributed by atoms with E-state index in [9.17, 15) is 0 Å². The van der Waals surface area contributed by atoms with Crippen LogP contribution in [0.5, 0.6) is 0 Å². The molecule has 2 heteroatoms. The van der Waals surface area contributed by atoms with Crippen molar-refractivity contribution in [2.24, 2.45) is 11.8 Å². The van der Waals surface area contributed by atoms with Crippen molar-refractivity contribution in [1.29, 1.82) is 0 Å². The lowest BCUT2D eigenvalue weighted by Crippen LogP contribution is -2.24. The molecule has 1 aromatic carbocycles. The molecule has 96 valence electrons. The van der Waals surface area contributed by atoms with Crippen molar-refractivity contribution in [3.8, 4) is 0 Å². The first kappa shape index (κ1) is 14.7. The van der Waals surface area contributed by atoms with Gasteiger partial charge >= 0.3 is 0 Å². The van der Waals surface area contributed by atoms with Crippen LogP contribution < -0.4 is 5.32 Å². The average molecular weight is 298 g/mol. The van der Waals surface area contributed by atoms with E-state index in [1.165, 1.54) is 22.0 Å². The maximum Gasteiger partial charge on any atom is 0.0343 e. The van der Waals surface area contributed by atoms with Crippen molar-refractivity contribution in [3.63, 3.8) is 0 Å². The van der Waals surface area contributed by atoms with E-state index < -0.39 is 0 Å². The van der Waals surface area contributed by atoms with Crippen molar-refractivity contribution in [1.82, 2.24) is 5.32 Å². The Labute approximate surface area is 114 Å². The molecule has 1 nitrogen and oxygen atoms in total. The van der Waals surface area contributed by atoms with E-state index >= 15 is 0 Å². The van der Waals surface area contributed by atoms with Crippen LogP contribution in [0.4, 0.5) is 0 Å². The largest absolute Gasteiger partial charge is 0.313 e. The van der Waals surface area contributed by atoms with Crippen molar-refractivity contribution in [3.05, 3.63) is 33.8 Å². The highest BCUT2D eigenvalue weighted by Gasteiger charge is 2.18. The van der Waals surface area contributed by atoms with Crippen LogP contribution in [0.2, 0.25) is 0 Å². The maximum atomic E-state index is 3.56. The second-order valence-corrected chi connectivity index (χ2v) is 6.24. The SMILES string of the molecule is CNC(c1ccc(Br)c(C)c1)C(C)CC(C)C. The van der Waals surface area contributed by atoms with Crippen LogP contribution in [0.3, 0.4) is 0 Å². The quantitative estimate of drug-likeness (QED) is 0.831. The summed E-state index contributed by atoms with van der Waals surface area (Å²) < 4.78 is 1.19. The van der Waals surface area contributed by atoms with Gasteiger partial charge in [0.15, 0.2) is 0 Å². The Morgan fingerprint density at radius 1 is 1.24 bits per heavy atom. The molecule has 0 aliphatic rings. The van der Waals surface area contributed by atoms with E-state index in [0.717, 1.165) is 5.92 Å². The van der Waals surface area contributed by atoms with Crippen molar-refractivity contribution in [2.45, 2.75) is 40.2 Å². The van der Waals surface area contributed by atoms with E-state index in [1.54, 1.807) is 0 Å². The molecule has 2 unspecified atom stereocenters. The van der Waals surface area contributed by atoms with Gasteiger partial charge in [-0.25, -0.2) is 0 Å². The lowest BCUT2D eigenvalue weighted by atomic mass is 9.87. The molecule has 0 amide bonds. The summed E-state index contributed by atoms with van der Waals surface area (Å²) in [7, 11) is 2.05. The van der Waals surface area contributed by atoms with E-state index in [2.05, 4.69) is 74.2 Å². The van der Waals surface area contributed by atoms with Gasteiger partial charge in [-0.3, -0.25) is 0 Å². The normalized spacial score (nSPS) is 15.0. The van der Waals surface area contributed by atoms with Gasteiger partial charge in [0.05, 0.1) is 0 Å². The minimum Gasteiger partial charge on any atom is -0.313 e. The van der Waals surface area contributed by atoms with Crippen molar-refractivity contribution >= 4 is 15.9 Å². The smallest absolute Gasteiger partial charge is 0.0343 e. The Morgan fingerprint density at radius 3 is 2.35 bits per heavy atom. The zero-order valence-electron chi connectivity index (χ0n) is 11.5. The number of rotatable bonds is 5. The standard InChI is InChI=1S/C15H24BrN/c1-10(2)8-12(4)15(17-5)13-6-7-14(16)11(3)9-13/h6-7,9-10,12,15,17H,8H2,1-5H3. The third-order valence-corrected chi connectivity index (χ3v) is 4.15. The molecule has 1 rings (SSSR count). The topological polar surface area (TPSA) is 12.0 Å². The molecule has 0 heterocycles. The van der Waals surface area contributed by atoms with Gasteiger partial charge in [-0.05, 0) is 49.4 Å². The zero-order chi connectivity index (χ0) is 13.0. The first-order valence-electron chi connectivity index (χ1n) is 6.39. The Bertz CT molecular complexity index is 360. The minimum atomic E-state index is 0.448. The monoisotopic (exact) mass is 297 g/mol. The molecular weight excluding hydrogens is 274 g/mol. The number of hydrogen-bond acceptors (Lipinski definition) is 1. The lowest BCUT2D eigenvalue weighted by molar-refractivity contribution is 0.343. The highest BCUT2D eigenvalue weighted by molar-refractivity contribution is 9.10. The fraction of sp³-hybridized carbons (Fsp3) is 0.600. The fourth-order valence-electron chi connectivity index (χ4n) is 2.52. The summed E-state index contributed by atoms with van der Waals surface area (Å²) in [5.41, 5.74) is 2.70. The van der Waals surface area contributed by atoms with Gasteiger partial charge in [0.1, 0.15) is 0 Å². The van der Waals surface area contributed by atoms with Crippen LogP contribution in [-0.2, 0) is 0 Å². The predicted octanol–water partition coefficient (Wildman–Crippen LogP) is 4.70. The van der Waals surface area contributed by atoms with Gasteiger partial charge in [-0.15, -0.1) is 0 Å². The molecule has 0 aliphatic carbocycles. The number of hydrogen-bond donors (Lipinski definition) is 1. The molecular formula is C15H24BrN. The van der Waals surface area contributed by atoms with Gasteiger partial charge in [0, 0.05) is 10.5 Å². The third-order valence-electron chi connectivity index (χ3n) is 3.26. The lowest BCUT2D eigenvalue weighted by Gasteiger charge is -2.26. The Balaban J connectivity index is 2.89. The van der Waals surface area contributed by atoms with Crippen LogP contribution in [0, 0.1) is 18.8 Å². The van der Waals surface area contributed by atoms with Crippen LogP contribution >= 0.6 is 15.9 Å². The fourth-order valence-corrected chi connectivity index (χ4v) is 2.77. The molecule has 0 fully saturated rings. The first-order chi connectivity index (χ1) is 7.95. The molecule has 0 radical (unpaired) electrons. The molecule has 0 spiro atoms. The van der Waals surface area contributed by atoms with Crippen LogP contribution in [-0.4, -0.2) is 7.05 Å². The Kier molecular flexibility index (Phi) is 5.68. The molecule has 1 N–H and O–H groups in total. The number of nitrogens with one attached hydrogen (secondary N) is 1. The van der Waals surface area contributed by atoms with Gasteiger partial charge in [-0.1, -0.05) is 48.8 Å². The van der Waals surface area contributed by atoms with Crippen molar-refractivity contribution in [2.75, 3.05) is 7.05 Å². The molecule has 0 saturated heterocycles. The number of halogens is 1. The molecule has 17 heavy (non-hydrogen) atoms. The van der Waals surface area contributed by atoms with E-state index in [4.69, 9.17) is 0 Å². The average Bonchev–Trinajstić information content (AvgIpc) is 2.23. The maximum absolute atomic E-state index is 3.56. The summed E-state index contributed by atoms with van der Waals surface area (Å²) >= 11 is 3.56. The zero-order valence-corrected chi connectivity index (χ0v) is 13.1. The molecule has 0 bridgehead atoms. The highest BCUT2D eigenvalue weighted by Crippen LogP contribution is 2.29. The summed E-state index contributed by atoms with van der Waals surface area (Å²) in [6, 6.07) is 7.10. The Morgan fingerprint density at radius 2 is 1.88 bits per heavy atom. The molecule has 2 atom stereocenters.